The van der Waals surface area contributed by atoms with Crippen LogP contribution in [0.5, 0.6) is 0 Å². The highest BCUT2D eigenvalue weighted by molar-refractivity contribution is 5.03. The first-order valence-corrected chi connectivity index (χ1v) is 6.01. The van der Waals surface area contributed by atoms with E-state index in [2.05, 4.69) is 6.92 Å². The van der Waals surface area contributed by atoms with Crippen LogP contribution in [0.2, 0.25) is 0 Å². The summed E-state index contributed by atoms with van der Waals surface area (Å²) in [6.45, 7) is 3.28. The summed E-state index contributed by atoms with van der Waals surface area (Å²) in [6, 6.07) is 0. The van der Waals surface area contributed by atoms with Crippen LogP contribution in [0.1, 0.15) is 51.9 Å². The summed E-state index contributed by atoms with van der Waals surface area (Å²) in [7, 11) is 0. The minimum atomic E-state index is 0.735. The van der Waals surface area contributed by atoms with Crippen LogP contribution in [0.4, 0.5) is 0 Å². The molecular formula is C12H23N. The fourth-order valence-corrected chi connectivity index (χ4v) is 3.29. The summed E-state index contributed by atoms with van der Waals surface area (Å²) in [5.41, 5.74) is 6.49. The van der Waals surface area contributed by atoms with Gasteiger partial charge in [0.05, 0.1) is 0 Å². The van der Waals surface area contributed by atoms with Crippen LogP contribution in [0.15, 0.2) is 0 Å². The molecule has 0 aromatic heterocycles. The molecular weight excluding hydrogens is 158 g/mol. The Bertz CT molecular complexity index is 174. The van der Waals surface area contributed by atoms with Gasteiger partial charge in [-0.25, -0.2) is 0 Å². The van der Waals surface area contributed by atoms with Crippen LogP contribution in [0.25, 0.3) is 0 Å². The van der Waals surface area contributed by atoms with Crippen LogP contribution >= 0.6 is 0 Å². The molecule has 2 rings (SSSR count). The van der Waals surface area contributed by atoms with Crippen molar-refractivity contribution in [3.8, 4) is 0 Å². The second-order valence-corrected chi connectivity index (χ2v) is 5.20. The summed E-state index contributed by atoms with van der Waals surface area (Å²) < 4.78 is 0. The van der Waals surface area contributed by atoms with Gasteiger partial charge in [-0.1, -0.05) is 26.2 Å². The molecule has 3 unspecified atom stereocenters. The molecule has 2 fully saturated rings. The second-order valence-electron chi connectivity index (χ2n) is 5.20. The van der Waals surface area contributed by atoms with Gasteiger partial charge in [-0.15, -0.1) is 0 Å². The molecule has 2 aliphatic rings. The van der Waals surface area contributed by atoms with Gasteiger partial charge in [-0.05, 0) is 49.5 Å². The molecule has 76 valence electrons. The van der Waals surface area contributed by atoms with Gasteiger partial charge >= 0.3 is 0 Å². The third kappa shape index (κ3) is 1.76. The van der Waals surface area contributed by atoms with E-state index in [-0.39, 0.29) is 0 Å². The molecule has 0 aromatic rings. The van der Waals surface area contributed by atoms with Gasteiger partial charge in [0.15, 0.2) is 0 Å². The van der Waals surface area contributed by atoms with E-state index < -0.39 is 0 Å². The van der Waals surface area contributed by atoms with E-state index in [0.29, 0.717) is 0 Å². The lowest BCUT2D eigenvalue weighted by Crippen LogP contribution is -2.10. The minimum absolute atomic E-state index is 0.735. The number of rotatable bonds is 2. The Hall–Kier alpha value is -0.0400. The SMILES string of the molecule is CCC1CCCC2(CC1)CC2CN. The van der Waals surface area contributed by atoms with E-state index >= 15 is 0 Å². The smallest absolute Gasteiger partial charge is 0.00433 e. The predicted octanol–water partition coefficient (Wildman–Crippen LogP) is 2.94. The van der Waals surface area contributed by atoms with E-state index in [1.54, 1.807) is 0 Å². The van der Waals surface area contributed by atoms with Crippen LogP contribution in [0, 0.1) is 17.3 Å². The normalized spacial score (nSPS) is 44.8. The van der Waals surface area contributed by atoms with Crippen molar-refractivity contribution in [1.29, 1.82) is 0 Å². The fraction of sp³-hybridized carbons (Fsp3) is 1.00. The first kappa shape index (κ1) is 9.51. The highest BCUT2D eigenvalue weighted by Crippen LogP contribution is 2.60. The predicted molar refractivity (Wildman–Crippen MR) is 56.5 cm³/mol. The molecule has 0 aromatic carbocycles. The zero-order valence-corrected chi connectivity index (χ0v) is 8.89. The molecule has 13 heavy (non-hydrogen) atoms. The molecule has 0 amide bonds. The lowest BCUT2D eigenvalue weighted by atomic mass is 9.92. The van der Waals surface area contributed by atoms with E-state index in [4.69, 9.17) is 5.73 Å². The molecule has 3 atom stereocenters. The van der Waals surface area contributed by atoms with Gasteiger partial charge in [0.25, 0.3) is 0 Å². The first-order valence-electron chi connectivity index (χ1n) is 6.01. The van der Waals surface area contributed by atoms with Crippen molar-refractivity contribution < 1.29 is 0 Å². The molecule has 0 radical (unpaired) electrons. The molecule has 2 N–H and O–H groups in total. The second kappa shape index (κ2) is 3.61. The summed E-state index contributed by atoms with van der Waals surface area (Å²) in [5.74, 6) is 1.92. The van der Waals surface area contributed by atoms with E-state index in [9.17, 15) is 0 Å². The average Bonchev–Trinajstić information content (AvgIpc) is 2.89. The Morgan fingerprint density at radius 1 is 1.31 bits per heavy atom. The third-order valence-corrected chi connectivity index (χ3v) is 4.56. The fourth-order valence-electron chi connectivity index (χ4n) is 3.29. The summed E-state index contributed by atoms with van der Waals surface area (Å²) >= 11 is 0. The molecule has 0 heterocycles. The van der Waals surface area contributed by atoms with Crippen LogP contribution < -0.4 is 5.73 Å². The summed E-state index contributed by atoms with van der Waals surface area (Å²) in [6.07, 6.45) is 10.2. The third-order valence-electron chi connectivity index (χ3n) is 4.56. The zero-order chi connectivity index (χ0) is 9.31. The largest absolute Gasteiger partial charge is 0.330 e. The zero-order valence-electron chi connectivity index (χ0n) is 8.89. The van der Waals surface area contributed by atoms with Crippen molar-refractivity contribution in [3.05, 3.63) is 0 Å². The maximum Gasteiger partial charge on any atom is -0.00433 e. The van der Waals surface area contributed by atoms with Crippen LogP contribution in [-0.4, -0.2) is 6.54 Å². The lowest BCUT2D eigenvalue weighted by molar-refractivity contribution is 0.380. The standard InChI is InChI=1S/C12H23N/c1-2-10-4-3-6-12(7-5-10)8-11(12)9-13/h10-11H,2-9,13H2,1H3. The van der Waals surface area contributed by atoms with Crippen molar-refractivity contribution >= 4 is 0 Å². The lowest BCUT2D eigenvalue weighted by Gasteiger charge is -2.13. The van der Waals surface area contributed by atoms with Crippen molar-refractivity contribution in [2.24, 2.45) is 23.0 Å². The van der Waals surface area contributed by atoms with Crippen molar-refractivity contribution in [2.45, 2.75) is 51.9 Å². The van der Waals surface area contributed by atoms with Gasteiger partial charge in [0.2, 0.25) is 0 Å². The number of nitrogens with two attached hydrogens (primary N) is 1. The Balaban J connectivity index is 1.89. The minimum Gasteiger partial charge on any atom is -0.330 e. The quantitative estimate of drug-likeness (QED) is 0.696. The summed E-state index contributed by atoms with van der Waals surface area (Å²) in [5, 5.41) is 0. The first-order chi connectivity index (χ1) is 6.30. The van der Waals surface area contributed by atoms with E-state index in [1.165, 1.54) is 44.9 Å². The topological polar surface area (TPSA) is 26.0 Å². The van der Waals surface area contributed by atoms with Gasteiger partial charge in [-0.3, -0.25) is 0 Å². The van der Waals surface area contributed by atoms with Crippen molar-refractivity contribution in [1.82, 2.24) is 0 Å². The Kier molecular flexibility index (Phi) is 2.64. The van der Waals surface area contributed by atoms with E-state index in [0.717, 1.165) is 23.8 Å². The highest BCUT2D eigenvalue weighted by Gasteiger charge is 2.52. The maximum absolute atomic E-state index is 5.76. The van der Waals surface area contributed by atoms with Gasteiger partial charge in [0.1, 0.15) is 0 Å². The van der Waals surface area contributed by atoms with Gasteiger partial charge in [0, 0.05) is 0 Å². The Morgan fingerprint density at radius 3 is 2.77 bits per heavy atom. The Labute approximate surface area is 82.1 Å². The molecule has 0 saturated heterocycles. The molecule has 0 aliphatic heterocycles. The molecule has 2 saturated carbocycles. The Morgan fingerprint density at radius 2 is 2.15 bits per heavy atom. The molecule has 1 heteroatoms. The number of hydrogen-bond donors (Lipinski definition) is 1. The molecule has 2 aliphatic carbocycles. The van der Waals surface area contributed by atoms with Crippen molar-refractivity contribution in [2.75, 3.05) is 6.54 Å². The molecule has 1 spiro atoms. The van der Waals surface area contributed by atoms with E-state index in [1.807, 2.05) is 0 Å². The highest BCUT2D eigenvalue weighted by atomic mass is 14.7. The monoisotopic (exact) mass is 181 g/mol. The van der Waals surface area contributed by atoms with Crippen LogP contribution in [-0.2, 0) is 0 Å². The van der Waals surface area contributed by atoms with Gasteiger partial charge in [-0.2, -0.15) is 0 Å². The van der Waals surface area contributed by atoms with Crippen molar-refractivity contribution in [3.63, 3.8) is 0 Å². The maximum atomic E-state index is 5.76. The number of hydrogen-bond acceptors (Lipinski definition) is 1. The molecule has 1 nitrogen and oxygen atoms in total. The van der Waals surface area contributed by atoms with Crippen LogP contribution in [0.3, 0.4) is 0 Å². The molecule has 0 bridgehead atoms. The average molecular weight is 181 g/mol. The van der Waals surface area contributed by atoms with Gasteiger partial charge < -0.3 is 5.73 Å². The summed E-state index contributed by atoms with van der Waals surface area (Å²) in [4.78, 5) is 0.